The maximum atomic E-state index is 12.1. The Balaban J connectivity index is 4.81. The molecular formula is C6F10O2. The summed E-state index contributed by atoms with van der Waals surface area (Å²) in [6, 6.07) is -6.46. The molecule has 0 fully saturated rings. The van der Waals surface area contributed by atoms with E-state index in [2.05, 4.69) is 9.78 Å². The molecule has 0 atom stereocenters. The average Bonchev–Trinajstić information content (AvgIpc) is 2.20. The highest BCUT2D eigenvalue weighted by atomic mass is 19.4. The van der Waals surface area contributed by atoms with Crippen LogP contribution in [0.2, 0.25) is 0 Å². The molecule has 0 saturated carbocycles. The molecule has 0 rings (SSSR count). The van der Waals surface area contributed by atoms with Crippen molar-refractivity contribution in [3.8, 4) is 0 Å². The summed E-state index contributed by atoms with van der Waals surface area (Å²) in [5.74, 6) is -7.08. The van der Waals surface area contributed by atoms with Crippen molar-refractivity contribution in [1.29, 1.82) is 0 Å². The number of allylic oxidation sites excluding steroid dienone is 2. The zero-order chi connectivity index (χ0) is 14.7. The average molecular weight is 294 g/mol. The van der Waals surface area contributed by atoms with Crippen molar-refractivity contribution >= 4 is 0 Å². The Hall–Kier alpha value is -1.62. The summed E-state index contributed by atoms with van der Waals surface area (Å²) in [4.78, 5) is 5.11. The second-order valence-electron chi connectivity index (χ2n) is 2.34. The first-order chi connectivity index (χ1) is 7.87. The standard InChI is InChI=1S/C6F10O2/c7-1(5(11,12)13)3(9)17-18-4(10)2(8)6(14,15)16. The van der Waals surface area contributed by atoms with E-state index in [-0.39, 0.29) is 0 Å². The van der Waals surface area contributed by atoms with Crippen LogP contribution in [0.3, 0.4) is 0 Å². The minimum atomic E-state index is -5.88. The molecule has 0 aromatic rings. The Kier molecular flexibility index (Phi) is 4.87. The van der Waals surface area contributed by atoms with Gasteiger partial charge in [0.15, 0.2) is 0 Å². The van der Waals surface area contributed by atoms with Gasteiger partial charge in [-0.15, -0.1) is 0 Å². The van der Waals surface area contributed by atoms with Crippen LogP contribution in [0.1, 0.15) is 0 Å². The molecule has 0 heterocycles. The third-order valence-electron chi connectivity index (χ3n) is 1.03. The van der Waals surface area contributed by atoms with Crippen LogP contribution < -0.4 is 0 Å². The van der Waals surface area contributed by atoms with Crippen LogP contribution in [0, 0.1) is 0 Å². The van der Waals surface area contributed by atoms with Gasteiger partial charge < -0.3 is 0 Å². The van der Waals surface area contributed by atoms with E-state index in [4.69, 9.17) is 0 Å². The molecule has 0 N–H and O–H groups in total. The van der Waals surface area contributed by atoms with Crippen molar-refractivity contribution in [2.45, 2.75) is 12.4 Å². The molecule has 0 aromatic heterocycles. The lowest BCUT2D eigenvalue weighted by Crippen LogP contribution is -2.12. The number of rotatable bonds is 3. The normalized spacial score (nSPS) is 15.9. The number of hydrogen-bond acceptors (Lipinski definition) is 2. The minimum absolute atomic E-state index is 2.55. The highest BCUT2D eigenvalue weighted by molar-refractivity contribution is 5.01. The van der Waals surface area contributed by atoms with Crippen molar-refractivity contribution in [2.75, 3.05) is 0 Å². The molecule has 0 aliphatic carbocycles. The lowest BCUT2D eigenvalue weighted by atomic mass is 10.5. The second kappa shape index (κ2) is 5.35. The molecule has 0 aromatic carbocycles. The predicted octanol–water partition coefficient (Wildman–Crippen LogP) is 4.28. The van der Waals surface area contributed by atoms with Gasteiger partial charge in [0, 0.05) is 0 Å². The molecule has 0 unspecified atom stereocenters. The third-order valence-corrected chi connectivity index (χ3v) is 1.03. The van der Waals surface area contributed by atoms with E-state index >= 15 is 0 Å². The SMILES string of the molecule is FC(OOC(F)=C(F)C(F)(F)F)=C(F)C(F)(F)F. The maximum absolute atomic E-state index is 12.1. The van der Waals surface area contributed by atoms with Crippen LogP contribution in [0.4, 0.5) is 43.9 Å². The van der Waals surface area contributed by atoms with Gasteiger partial charge in [-0.3, -0.25) is 9.78 Å². The highest BCUT2D eigenvalue weighted by Crippen LogP contribution is 2.32. The Morgan fingerprint density at radius 3 is 0.944 bits per heavy atom. The molecule has 0 radical (unpaired) electrons. The first-order valence-corrected chi connectivity index (χ1v) is 3.46. The predicted molar refractivity (Wildman–Crippen MR) is 32.8 cm³/mol. The van der Waals surface area contributed by atoms with Gasteiger partial charge in [-0.1, -0.05) is 0 Å². The summed E-state index contributed by atoms with van der Waals surface area (Å²) < 4.78 is 116. The van der Waals surface area contributed by atoms with Gasteiger partial charge in [0.05, 0.1) is 0 Å². The lowest BCUT2D eigenvalue weighted by Gasteiger charge is -2.06. The summed E-state index contributed by atoms with van der Waals surface area (Å²) in [5, 5.41) is 0. The van der Waals surface area contributed by atoms with Gasteiger partial charge in [0.2, 0.25) is 0 Å². The second-order valence-corrected chi connectivity index (χ2v) is 2.34. The van der Waals surface area contributed by atoms with Gasteiger partial charge in [-0.2, -0.15) is 43.9 Å². The van der Waals surface area contributed by atoms with E-state index in [0.29, 0.717) is 0 Å². The monoisotopic (exact) mass is 294 g/mol. The summed E-state index contributed by atoms with van der Waals surface area (Å²) >= 11 is 0. The van der Waals surface area contributed by atoms with Crippen molar-refractivity contribution in [3.63, 3.8) is 0 Å². The van der Waals surface area contributed by atoms with E-state index in [1.54, 1.807) is 0 Å². The zero-order valence-electron chi connectivity index (χ0n) is 7.60. The fraction of sp³-hybridized carbons (Fsp3) is 0.333. The summed E-state index contributed by atoms with van der Waals surface area (Å²) in [7, 11) is 0. The molecule has 18 heavy (non-hydrogen) atoms. The molecule has 106 valence electrons. The van der Waals surface area contributed by atoms with E-state index < -0.39 is 36.0 Å². The minimum Gasteiger partial charge on any atom is -0.253 e. The van der Waals surface area contributed by atoms with Crippen LogP contribution in [0.15, 0.2) is 23.7 Å². The van der Waals surface area contributed by atoms with Gasteiger partial charge in [-0.05, 0) is 0 Å². The number of halogens is 10. The van der Waals surface area contributed by atoms with Gasteiger partial charge in [0.1, 0.15) is 0 Å². The van der Waals surface area contributed by atoms with Crippen LogP contribution in [0.5, 0.6) is 0 Å². The maximum Gasteiger partial charge on any atom is 0.449 e. The Bertz CT molecular complexity index is 326. The molecule has 0 aliphatic rings. The molecule has 0 saturated heterocycles. The summed E-state index contributed by atoms with van der Waals surface area (Å²) in [5.41, 5.74) is 0. The topological polar surface area (TPSA) is 18.5 Å². The number of hydrogen-bond donors (Lipinski definition) is 0. The van der Waals surface area contributed by atoms with Crippen molar-refractivity contribution in [1.82, 2.24) is 0 Å². The van der Waals surface area contributed by atoms with Crippen LogP contribution >= 0.6 is 0 Å². The number of alkyl halides is 6. The Morgan fingerprint density at radius 1 is 0.556 bits per heavy atom. The third kappa shape index (κ3) is 4.71. The van der Waals surface area contributed by atoms with Crippen molar-refractivity contribution in [3.05, 3.63) is 23.7 Å². The van der Waals surface area contributed by atoms with Crippen LogP contribution in [-0.4, -0.2) is 12.4 Å². The first kappa shape index (κ1) is 16.4. The van der Waals surface area contributed by atoms with Gasteiger partial charge >= 0.3 is 24.4 Å². The first-order valence-electron chi connectivity index (χ1n) is 3.46. The molecule has 12 heteroatoms. The summed E-state index contributed by atoms with van der Waals surface area (Å²) in [6.07, 6.45) is -11.8. The Labute approximate surface area is 91.0 Å². The zero-order valence-corrected chi connectivity index (χ0v) is 7.60. The fourth-order valence-electron chi connectivity index (χ4n) is 0.369. The van der Waals surface area contributed by atoms with E-state index in [1.807, 2.05) is 0 Å². The van der Waals surface area contributed by atoms with Gasteiger partial charge in [0.25, 0.3) is 11.7 Å². The molecule has 2 nitrogen and oxygen atoms in total. The van der Waals surface area contributed by atoms with Crippen molar-refractivity contribution < 1.29 is 53.7 Å². The highest BCUT2D eigenvalue weighted by Gasteiger charge is 2.42. The Morgan fingerprint density at radius 2 is 0.778 bits per heavy atom. The van der Waals surface area contributed by atoms with Crippen LogP contribution in [0.25, 0.3) is 0 Å². The van der Waals surface area contributed by atoms with Crippen LogP contribution in [-0.2, 0) is 9.78 Å². The smallest absolute Gasteiger partial charge is 0.253 e. The van der Waals surface area contributed by atoms with Gasteiger partial charge in [-0.25, -0.2) is 0 Å². The lowest BCUT2D eigenvalue weighted by molar-refractivity contribution is -0.272. The molecule has 0 aliphatic heterocycles. The van der Waals surface area contributed by atoms with Crippen molar-refractivity contribution in [2.24, 2.45) is 0 Å². The van der Waals surface area contributed by atoms with E-state index in [0.717, 1.165) is 0 Å². The molecule has 0 amide bonds. The van der Waals surface area contributed by atoms with E-state index in [1.165, 1.54) is 0 Å². The quantitative estimate of drug-likeness (QED) is 0.335. The summed E-state index contributed by atoms with van der Waals surface area (Å²) in [6.45, 7) is 0. The van der Waals surface area contributed by atoms with E-state index in [9.17, 15) is 43.9 Å². The largest absolute Gasteiger partial charge is 0.449 e. The molecule has 0 spiro atoms. The molecular weight excluding hydrogens is 294 g/mol. The fourth-order valence-corrected chi connectivity index (χ4v) is 0.369. The molecule has 0 bridgehead atoms.